The van der Waals surface area contributed by atoms with E-state index >= 15 is 0 Å². The highest BCUT2D eigenvalue weighted by atomic mass is 16.5. The largest absolute Gasteiger partial charge is 0.447 e. The van der Waals surface area contributed by atoms with Crippen molar-refractivity contribution < 1.29 is 33.5 Å². The topological polar surface area (TPSA) is 175 Å². The van der Waals surface area contributed by atoms with E-state index in [-0.39, 0.29) is 37.2 Å². The summed E-state index contributed by atoms with van der Waals surface area (Å²) >= 11 is 0. The number of ketones is 1. The average molecular weight is 771 g/mol. The van der Waals surface area contributed by atoms with Crippen LogP contribution in [0.15, 0.2) is 0 Å². The second-order valence-electron chi connectivity index (χ2n) is 17.8. The van der Waals surface area contributed by atoms with Crippen LogP contribution in [-0.2, 0) is 23.9 Å². The maximum Gasteiger partial charge on any atom is 0.407 e. The predicted octanol–water partition coefficient (Wildman–Crippen LogP) is 5.21. The Kier molecular flexibility index (Phi) is 17.8. The fraction of sp³-hybridized carbons (Fsp3) is 0.810. The quantitative estimate of drug-likeness (QED) is 0.0997. The van der Waals surface area contributed by atoms with E-state index < -0.39 is 64.7 Å². The van der Waals surface area contributed by atoms with Gasteiger partial charge in [0.15, 0.2) is 0 Å². The summed E-state index contributed by atoms with van der Waals surface area (Å²) in [5, 5.41) is 14.3. The Hall–Kier alpha value is -3.82. The fourth-order valence-electron chi connectivity index (χ4n) is 8.35. The number of terminal acetylenes is 1. The third kappa shape index (κ3) is 13.4. The van der Waals surface area contributed by atoms with E-state index in [1.165, 1.54) is 19.3 Å². The van der Waals surface area contributed by atoms with Crippen molar-refractivity contribution in [3.8, 4) is 12.3 Å². The molecule has 0 aromatic carbocycles. The highest BCUT2D eigenvalue weighted by Gasteiger charge is 2.50. The van der Waals surface area contributed by atoms with Gasteiger partial charge in [0, 0.05) is 26.1 Å². The van der Waals surface area contributed by atoms with Crippen molar-refractivity contribution in [1.82, 2.24) is 31.5 Å². The van der Waals surface area contributed by atoms with E-state index in [0.29, 0.717) is 51.2 Å². The molecule has 5 atom stereocenters. The third-order valence-electron chi connectivity index (χ3n) is 12.0. The predicted molar refractivity (Wildman–Crippen MR) is 213 cm³/mol. The minimum atomic E-state index is -1.15. The van der Waals surface area contributed by atoms with Gasteiger partial charge in [0.1, 0.15) is 18.7 Å². The summed E-state index contributed by atoms with van der Waals surface area (Å²) in [5.74, 6) is 0.288. The number of alkyl carbamates (subject to hydrolysis) is 1. The zero-order valence-electron chi connectivity index (χ0n) is 34.7. The van der Waals surface area contributed by atoms with E-state index in [9.17, 15) is 28.8 Å². The number of nitrogens with one attached hydrogen (secondary N) is 5. The van der Waals surface area contributed by atoms with Gasteiger partial charge in [0.2, 0.25) is 17.6 Å². The van der Waals surface area contributed by atoms with Crippen LogP contribution in [0.3, 0.4) is 0 Å². The molecule has 5 N–H and O–H groups in total. The van der Waals surface area contributed by atoms with Crippen LogP contribution in [0, 0.1) is 40.9 Å². The molecule has 2 aliphatic carbocycles. The smallest absolute Gasteiger partial charge is 0.407 e. The van der Waals surface area contributed by atoms with Gasteiger partial charge >= 0.3 is 12.1 Å². The SMILES string of the molecule is C#CCCC(NC(=O)[C@@H]1C(C(C)C)CCN1C(=O)[C@@H](NC(=O)N[C@H](COC(=O)NCC1CCCCC1)C(C)(C)C)C1(C)CCCCC1)C(=O)C(=O)NCCC. The molecule has 1 saturated heterocycles. The van der Waals surface area contributed by atoms with E-state index in [1.54, 1.807) is 4.90 Å². The first-order valence-electron chi connectivity index (χ1n) is 20.9. The lowest BCUT2D eigenvalue weighted by atomic mass is 9.70. The lowest BCUT2D eigenvalue weighted by Crippen LogP contribution is -2.63. The molecule has 0 spiro atoms. The van der Waals surface area contributed by atoms with Crippen LogP contribution in [-0.4, -0.2) is 90.9 Å². The molecule has 6 amide bonds. The normalized spacial score (nSPS) is 21.7. The zero-order valence-corrected chi connectivity index (χ0v) is 34.7. The van der Waals surface area contributed by atoms with Gasteiger partial charge < -0.3 is 36.2 Å². The van der Waals surface area contributed by atoms with Crippen LogP contribution >= 0.6 is 0 Å². The van der Waals surface area contributed by atoms with Gasteiger partial charge in [-0.05, 0) is 73.5 Å². The molecule has 13 nitrogen and oxygen atoms in total. The number of amides is 6. The molecule has 0 aromatic heterocycles. The lowest BCUT2D eigenvalue weighted by Gasteiger charge is -2.43. The number of nitrogens with zero attached hydrogens (tertiary/aromatic N) is 1. The van der Waals surface area contributed by atoms with Gasteiger partial charge in [0.05, 0.1) is 12.1 Å². The molecular weight excluding hydrogens is 700 g/mol. The minimum Gasteiger partial charge on any atom is -0.447 e. The molecule has 1 aliphatic heterocycles. The fourth-order valence-corrected chi connectivity index (χ4v) is 8.35. The van der Waals surface area contributed by atoms with Crippen molar-refractivity contribution in [3.63, 3.8) is 0 Å². The highest BCUT2D eigenvalue weighted by Crippen LogP contribution is 2.41. The molecule has 3 fully saturated rings. The Morgan fingerprint density at radius 2 is 1.56 bits per heavy atom. The summed E-state index contributed by atoms with van der Waals surface area (Å²) in [6, 6.07) is -4.14. The van der Waals surface area contributed by atoms with Crippen molar-refractivity contribution in [2.24, 2.45) is 28.6 Å². The molecule has 310 valence electrons. The van der Waals surface area contributed by atoms with Gasteiger partial charge in [-0.1, -0.05) is 87.0 Å². The summed E-state index contributed by atoms with van der Waals surface area (Å²) < 4.78 is 5.60. The maximum atomic E-state index is 14.9. The average Bonchev–Trinajstić information content (AvgIpc) is 3.61. The standard InChI is InChI=1S/C42H70N6O7/c1-9-11-20-31(34(49)37(51)43-24-10-2)45-36(50)33-30(28(3)4)21-25-48(33)38(52)35(42(8)22-16-13-17-23-42)47-39(53)46-32(41(5,6)7)27-55-40(54)44-26-29-18-14-12-15-19-29/h1,28-33,35H,10-27H2,2-8H3,(H,43,51)(H,44,54)(H,45,50)(H2,46,47,53)/t30?,31?,32-,33+,35-/m1/s1. The van der Waals surface area contributed by atoms with Gasteiger partial charge in [-0.3, -0.25) is 19.2 Å². The molecule has 2 unspecified atom stereocenters. The molecule has 0 bridgehead atoms. The number of likely N-dealkylation sites (tertiary alicyclic amines) is 1. The Bertz CT molecular complexity index is 1360. The van der Waals surface area contributed by atoms with Crippen LogP contribution in [0.1, 0.15) is 138 Å². The van der Waals surface area contributed by atoms with E-state index in [0.717, 1.165) is 32.1 Å². The minimum absolute atomic E-state index is 0.0219. The Balaban J connectivity index is 1.82. The maximum absolute atomic E-state index is 14.9. The lowest BCUT2D eigenvalue weighted by molar-refractivity contribution is -0.145. The summed E-state index contributed by atoms with van der Waals surface area (Å²) in [5.41, 5.74) is -1.07. The number of hydrogen-bond donors (Lipinski definition) is 5. The molecule has 0 aromatic rings. The second-order valence-corrected chi connectivity index (χ2v) is 17.8. The van der Waals surface area contributed by atoms with Gasteiger partial charge in [-0.2, -0.15) is 0 Å². The van der Waals surface area contributed by atoms with Gasteiger partial charge in [-0.25, -0.2) is 9.59 Å². The summed E-state index contributed by atoms with van der Waals surface area (Å²) in [6.07, 6.45) is 16.4. The Morgan fingerprint density at radius 1 is 0.909 bits per heavy atom. The third-order valence-corrected chi connectivity index (χ3v) is 12.0. The van der Waals surface area contributed by atoms with Crippen molar-refractivity contribution in [3.05, 3.63) is 0 Å². The second kappa shape index (κ2) is 21.5. The Morgan fingerprint density at radius 3 is 2.16 bits per heavy atom. The molecule has 1 heterocycles. The van der Waals surface area contributed by atoms with Crippen molar-refractivity contribution in [2.75, 3.05) is 26.2 Å². The van der Waals surface area contributed by atoms with Crippen molar-refractivity contribution >= 4 is 35.6 Å². The highest BCUT2D eigenvalue weighted by molar-refractivity contribution is 6.38. The van der Waals surface area contributed by atoms with Gasteiger partial charge in [-0.15, -0.1) is 12.3 Å². The number of urea groups is 1. The first kappa shape index (κ1) is 45.6. The van der Waals surface area contributed by atoms with Crippen LogP contribution in [0.25, 0.3) is 0 Å². The first-order chi connectivity index (χ1) is 26.0. The van der Waals surface area contributed by atoms with Crippen LogP contribution < -0.4 is 26.6 Å². The molecule has 2 saturated carbocycles. The number of ether oxygens (including phenoxy) is 1. The summed E-state index contributed by atoms with van der Waals surface area (Å²) in [7, 11) is 0. The first-order valence-corrected chi connectivity index (χ1v) is 20.9. The van der Waals surface area contributed by atoms with Crippen molar-refractivity contribution in [1.29, 1.82) is 0 Å². The molecule has 13 heteroatoms. The number of carbonyl (C=O) groups excluding carboxylic acids is 6. The molecule has 55 heavy (non-hydrogen) atoms. The van der Waals surface area contributed by atoms with E-state index in [1.807, 2.05) is 48.5 Å². The Labute approximate surface area is 329 Å². The van der Waals surface area contributed by atoms with E-state index in [2.05, 4.69) is 32.5 Å². The van der Waals surface area contributed by atoms with Crippen LogP contribution in [0.2, 0.25) is 0 Å². The van der Waals surface area contributed by atoms with Crippen LogP contribution in [0.4, 0.5) is 9.59 Å². The number of carbonyl (C=O) groups is 6. The summed E-state index contributed by atoms with van der Waals surface area (Å²) in [6.45, 7) is 14.8. The number of Topliss-reactive ketones (excluding diaryl/α,β-unsaturated/α-hetero) is 1. The number of rotatable bonds is 17. The van der Waals surface area contributed by atoms with Crippen molar-refractivity contribution in [2.45, 2.75) is 163 Å². The van der Waals surface area contributed by atoms with Crippen LogP contribution in [0.5, 0.6) is 0 Å². The molecule has 3 rings (SSSR count). The molecular formula is C42H70N6O7. The zero-order chi connectivity index (χ0) is 40.8. The monoisotopic (exact) mass is 771 g/mol. The summed E-state index contributed by atoms with van der Waals surface area (Å²) in [4.78, 5) is 83.1. The molecule has 3 aliphatic rings. The van der Waals surface area contributed by atoms with Gasteiger partial charge in [0.25, 0.3) is 5.91 Å². The molecule has 0 radical (unpaired) electrons. The number of hydrogen-bond acceptors (Lipinski definition) is 7. The van der Waals surface area contributed by atoms with E-state index in [4.69, 9.17) is 11.2 Å².